The molecule has 5 heteroatoms. The lowest BCUT2D eigenvalue weighted by molar-refractivity contribution is 0.225. The Morgan fingerprint density at radius 1 is 1.43 bits per heavy atom. The molecular formula is C16H18ClNO3. The first kappa shape index (κ1) is 15.6. The average Bonchev–Trinajstić information content (AvgIpc) is 3.01. The number of halogens is 1. The van der Waals surface area contributed by atoms with Gasteiger partial charge in [0.15, 0.2) is 0 Å². The lowest BCUT2D eigenvalue weighted by Crippen LogP contribution is -2.23. The van der Waals surface area contributed by atoms with Crippen molar-refractivity contribution in [3.63, 3.8) is 0 Å². The van der Waals surface area contributed by atoms with Crippen LogP contribution >= 0.6 is 11.6 Å². The highest BCUT2D eigenvalue weighted by molar-refractivity contribution is 6.32. The summed E-state index contributed by atoms with van der Waals surface area (Å²) >= 11 is 6.16. The molecule has 1 aromatic carbocycles. The smallest absolute Gasteiger partial charge is 0.138 e. The summed E-state index contributed by atoms with van der Waals surface area (Å²) in [6.45, 7) is 4.54. The number of benzene rings is 1. The molecule has 21 heavy (non-hydrogen) atoms. The lowest BCUT2D eigenvalue weighted by Gasteiger charge is -2.14. The Bertz CT molecular complexity index is 569. The molecule has 0 spiro atoms. The normalized spacial score (nSPS) is 12.1. The van der Waals surface area contributed by atoms with Crippen molar-refractivity contribution in [2.75, 3.05) is 13.2 Å². The summed E-state index contributed by atoms with van der Waals surface area (Å²) in [7, 11) is 0. The third-order valence-corrected chi connectivity index (χ3v) is 3.27. The summed E-state index contributed by atoms with van der Waals surface area (Å²) in [4.78, 5) is 0. The molecule has 0 aliphatic heterocycles. The fourth-order valence-electron chi connectivity index (χ4n) is 1.91. The summed E-state index contributed by atoms with van der Waals surface area (Å²) in [5, 5.41) is 13.2. The van der Waals surface area contributed by atoms with E-state index >= 15 is 0 Å². The molecule has 0 fully saturated rings. The van der Waals surface area contributed by atoms with Crippen molar-refractivity contribution in [3.05, 3.63) is 65.6 Å². The molecular weight excluding hydrogens is 290 g/mol. The molecule has 2 N–H and O–H groups in total. The van der Waals surface area contributed by atoms with Crippen LogP contribution in [0.1, 0.15) is 17.4 Å². The predicted molar refractivity (Wildman–Crippen MR) is 82.5 cm³/mol. The van der Waals surface area contributed by atoms with Gasteiger partial charge in [-0.2, -0.15) is 0 Å². The minimum absolute atomic E-state index is 0.0399. The van der Waals surface area contributed by atoms with E-state index in [1.165, 1.54) is 0 Å². The predicted octanol–water partition coefficient (Wildman–Crippen LogP) is 3.32. The quantitative estimate of drug-likeness (QED) is 0.735. The average molecular weight is 308 g/mol. The summed E-state index contributed by atoms with van der Waals surface area (Å²) in [5.41, 5.74) is 0.996. The minimum atomic E-state index is -0.240. The van der Waals surface area contributed by atoms with Crippen LogP contribution in [0, 0.1) is 0 Å². The van der Waals surface area contributed by atoms with Gasteiger partial charge in [-0.05, 0) is 29.8 Å². The van der Waals surface area contributed by atoms with E-state index in [-0.39, 0.29) is 12.6 Å². The van der Waals surface area contributed by atoms with Gasteiger partial charge in [-0.1, -0.05) is 30.3 Å². The number of ether oxygens (including phenoxy) is 1. The zero-order chi connectivity index (χ0) is 15.1. The monoisotopic (exact) mass is 307 g/mol. The Balaban J connectivity index is 1.96. The Labute approximate surface area is 129 Å². The third kappa shape index (κ3) is 4.36. The van der Waals surface area contributed by atoms with Gasteiger partial charge < -0.3 is 19.6 Å². The molecule has 1 heterocycles. The van der Waals surface area contributed by atoms with Crippen LogP contribution in [0.15, 0.2) is 53.7 Å². The minimum Gasteiger partial charge on any atom is -0.488 e. The molecule has 1 unspecified atom stereocenters. The topological polar surface area (TPSA) is 54.6 Å². The van der Waals surface area contributed by atoms with Gasteiger partial charge in [0.1, 0.15) is 18.1 Å². The van der Waals surface area contributed by atoms with Gasteiger partial charge in [0, 0.05) is 6.54 Å². The number of aliphatic hydroxyl groups is 1. The van der Waals surface area contributed by atoms with Crippen molar-refractivity contribution in [2.45, 2.75) is 12.6 Å². The first-order chi connectivity index (χ1) is 10.2. The van der Waals surface area contributed by atoms with Gasteiger partial charge in [-0.25, -0.2) is 0 Å². The van der Waals surface area contributed by atoms with E-state index in [2.05, 4.69) is 11.9 Å². The Morgan fingerprint density at radius 2 is 2.29 bits per heavy atom. The summed E-state index contributed by atoms with van der Waals surface area (Å²) in [6.07, 6.45) is 3.25. The zero-order valence-corrected chi connectivity index (χ0v) is 12.3. The van der Waals surface area contributed by atoms with E-state index in [4.69, 9.17) is 20.8 Å². The summed E-state index contributed by atoms with van der Waals surface area (Å²) < 4.78 is 10.7. The van der Waals surface area contributed by atoms with Crippen molar-refractivity contribution in [1.29, 1.82) is 0 Å². The second-order valence-corrected chi connectivity index (χ2v) is 4.90. The van der Waals surface area contributed by atoms with Gasteiger partial charge in [0.2, 0.25) is 0 Å². The van der Waals surface area contributed by atoms with Crippen LogP contribution in [0.2, 0.25) is 5.02 Å². The highest BCUT2D eigenvalue weighted by atomic mass is 35.5. The Morgan fingerprint density at radius 3 is 2.90 bits per heavy atom. The SMILES string of the molecule is C=CCOc1ccc(CNC(CO)c2ccco2)cc1Cl. The van der Waals surface area contributed by atoms with E-state index in [0.717, 1.165) is 5.56 Å². The third-order valence-electron chi connectivity index (χ3n) is 2.97. The number of aliphatic hydroxyl groups excluding tert-OH is 1. The van der Waals surface area contributed by atoms with Crippen molar-refractivity contribution in [1.82, 2.24) is 5.32 Å². The van der Waals surface area contributed by atoms with E-state index in [9.17, 15) is 5.11 Å². The van der Waals surface area contributed by atoms with Crippen molar-refractivity contribution in [3.8, 4) is 5.75 Å². The van der Waals surface area contributed by atoms with Gasteiger partial charge >= 0.3 is 0 Å². The van der Waals surface area contributed by atoms with E-state index < -0.39 is 0 Å². The van der Waals surface area contributed by atoms with Crippen LogP contribution < -0.4 is 10.1 Å². The van der Waals surface area contributed by atoms with Crippen LogP contribution in [0.25, 0.3) is 0 Å². The van der Waals surface area contributed by atoms with Gasteiger partial charge in [-0.3, -0.25) is 0 Å². The molecule has 0 saturated heterocycles. The number of rotatable bonds is 8. The molecule has 2 aromatic rings. The van der Waals surface area contributed by atoms with E-state index in [1.54, 1.807) is 18.4 Å². The maximum absolute atomic E-state index is 9.39. The lowest BCUT2D eigenvalue weighted by atomic mass is 10.2. The molecule has 0 amide bonds. The van der Waals surface area contributed by atoms with Crippen molar-refractivity contribution >= 4 is 11.6 Å². The number of hydrogen-bond acceptors (Lipinski definition) is 4. The first-order valence-corrected chi connectivity index (χ1v) is 7.02. The second kappa shape index (κ2) is 7.88. The molecule has 0 aliphatic rings. The standard InChI is InChI=1S/C16H18ClNO3/c1-2-7-20-15-6-5-12(9-13(15)17)10-18-14(11-19)16-4-3-8-21-16/h2-6,8-9,14,18-19H,1,7,10-11H2. The Kier molecular flexibility index (Phi) is 5.87. The first-order valence-electron chi connectivity index (χ1n) is 6.64. The molecule has 2 rings (SSSR count). The Hall–Kier alpha value is -1.75. The highest BCUT2D eigenvalue weighted by Crippen LogP contribution is 2.25. The molecule has 4 nitrogen and oxygen atoms in total. The maximum Gasteiger partial charge on any atom is 0.138 e. The van der Waals surface area contributed by atoms with Gasteiger partial charge in [-0.15, -0.1) is 0 Å². The van der Waals surface area contributed by atoms with Gasteiger partial charge in [0.05, 0.1) is 23.9 Å². The van der Waals surface area contributed by atoms with Crippen LogP contribution in [-0.2, 0) is 6.54 Å². The number of nitrogens with one attached hydrogen (secondary N) is 1. The molecule has 0 bridgehead atoms. The fourth-order valence-corrected chi connectivity index (χ4v) is 2.16. The molecule has 112 valence electrons. The van der Waals surface area contributed by atoms with E-state index in [1.807, 2.05) is 24.3 Å². The largest absolute Gasteiger partial charge is 0.488 e. The number of hydrogen-bond donors (Lipinski definition) is 2. The van der Waals surface area contributed by atoms with E-state index in [0.29, 0.717) is 29.7 Å². The molecule has 1 aromatic heterocycles. The number of furan rings is 1. The van der Waals surface area contributed by atoms with Gasteiger partial charge in [0.25, 0.3) is 0 Å². The maximum atomic E-state index is 9.39. The molecule has 1 atom stereocenters. The molecule has 0 saturated carbocycles. The summed E-state index contributed by atoms with van der Waals surface area (Å²) in [5.74, 6) is 1.33. The van der Waals surface area contributed by atoms with Crippen LogP contribution in [-0.4, -0.2) is 18.3 Å². The van der Waals surface area contributed by atoms with Crippen molar-refractivity contribution < 1.29 is 14.3 Å². The van der Waals surface area contributed by atoms with Crippen LogP contribution in [0.4, 0.5) is 0 Å². The fraction of sp³-hybridized carbons (Fsp3) is 0.250. The van der Waals surface area contributed by atoms with Crippen molar-refractivity contribution in [2.24, 2.45) is 0 Å². The molecule has 0 aliphatic carbocycles. The second-order valence-electron chi connectivity index (χ2n) is 4.50. The highest BCUT2D eigenvalue weighted by Gasteiger charge is 2.12. The summed E-state index contributed by atoms with van der Waals surface area (Å²) in [6, 6.07) is 8.96. The van der Waals surface area contributed by atoms with Crippen LogP contribution in [0.5, 0.6) is 5.75 Å². The molecule has 0 radical (unpaired) electrons. The van der Waals surface area contributed by atoms with Crippen LogP contribution in [0.3, 0.4) is 0 Å². The zero-order valence-electron chi connectivity index (χ0n) is 11.6.